The van der Waals surface area contributed by atoms with Crippen LogP contribution < -0.4 is 10.6 Å². The molecule has 6 nitrogen and oxygen atoms in total. The van der Waals surface area contributed by atoms with Crippen molar-refractivity contribution in [2.24, 2.45) is 0 Å². The number of carboxylic acid groups (broad SMARTS) is 1. The van der Waals surface area contributed by atoms with E-state index < -0.39 is 35.7 Å². The summed E-state index contributed by atoms with van der Waals surface area (Å²) in [6.45, 7) is 5.12. The molecular formula is C22H25FN2O4. The van der Waals surface area contributed by atoms with Crippen molar-refractivity contribution < 1.29 is 23.9 Å². The molecule has 0 aromatic heterocycles. The Kier molecular flexibility index (Phi) is 7.47. The minimum atomic E-state index is -1.19. The van der Waals surface area contributed by atoms with Crippen LogP contribution in [0.15, 0.2) is 42.5 Å². The van der Waals surface area contributed by atoms with Gasteiger partial charge in [0.1, 0.15) is 17.9 Å². The van der Waals surface area contributed by atoms with Gasteiger partial charge in [-0.3, -0.25) is 9.59 Å². The highest BCUT2D eigenvalue weighted by molar-refractivity contribution is 5.90. The van der Waals surface area contributed by atoms with E-state index in [0.29, 0.717) is 0 Å². The molecule has 0 radical (unpaired) electrons. The van der Waals surface area contributed by atoms with Crippen molar-refractivity contribution in [3.63, 3.8) is 0 Å². The van der Waals surface area contributed by atoms with Crippen LogP contribution in [0.4, 0.5) is 4.39 Å². The summed E-state index contributed by atoms with van der Waals surface area (Å²) < 4.78 is 14.0. The van der Waals surface area contributed by atoms with Gasteiger partial charge in [0, 0.05) is 19.8 Å². The molecule has 0 aliphatic carbocycles. The van der Waals surface area contributed by atoms with E-state index >= 15 is 0 Å². The quantitative estimate of drug-likeness (QED) is 0.634. The Bertz CT molecular complexity index is 913. The molecule has 0 unspecified atom stereocenters. The third kappa shape index (κ3) is 6.41. The highest BCUT2D eigenvalue weighted by Gasteiger charge is 2.27. The lowest BCUT2D eigenvalue weighted by Gasteiger charge is -2.21. The van der Waals surface area contributed by atoms with Crippen LogP contribution in [0.5, 0.6) is 0 Å². The van der Waals surface area contributed by atoms with Gasteiger partial charge in [0.15, 0.2) is 0 Å². The molecule has 2 rings (SSSR count). The average Bonchev–Trinajstić information content (AvgIpc) is 2.64. The van der Waals surface area contributed by atoms with Gasteiger partial charge in [0.25, 0.3) is 0 Å². The Labute approximate surface area is 169 Å². The molecule has 0 heterocycles. The summed E-state index contributed by atoms with van der Waals surface area (Å²) in [5.74, 6) is -2.84. The van der Waals surface area contributed by atoms with Gasteiger partial charge in [0.2, 0.25) is 11.8 Å². The number of carbonyl (C=O) groups excluding carboxylic acids is 2. The van der Waals surface area contributed by atoms with E-state index in [1.807, 2.05) is 32.0 Å². The number of rotatable bonds is 8. The Hall–Kier alpha value is -3.22. The van der Waals surface area contributed by atoms with E-state index in [4.69, 9.17) is 0 Å². The minimum Gasteiger partial charge on any atom is -0.480 e. The van der Waals surface area contributed by atoms with Crippen LogP contribution in [-0.4, -0.2) is 35.0 Å². The Balaban J connectivity index is 2.17. The maximum atomic E-state index is 14.0. The first-order valence-corrected chi connectivity index (χ1v) is 9.27. The van der Waals surface area contributed by atoms with Crippen molar-refractivity contribution >= 4 is 17.8 Å². The topological polar surface area (TPSA) is 95.5 Å². The van der Waals surface area contributed by atoms with Crippen molar-refractivity contribution in [1.82, 2.24) is 10.6 Å². The fourth-order valence-electron chi connectivity index (χ4n) is 2.98. The van der Waals surface area contributed by atoms with Crippen molar-refractivity contribution in [3.05, 3.63) is 70.5 Å². The fraction of sp³-hybridized carbons (Fsp3) is 0.318. The summed E-state index contributed by atoms with van der Waals surface area (Å²) in [7, 11) is 0. The molecule has 2 atom stereocenters. The Morgan fingerprint density at radius 1 is 0.966 bits per heavy atom. The van der Waals surface area contributed by atoms with Crippen LogP contribution in [0.1, 0.15) is 29.2 Å². The predicted octanol–water partition coefficient (Wildman–Crippen LogP) is 2.30. The number of carboxylic acids is 1. The highest BCUT2D eigenvalue weighted by atomic mass is 19.1. The molecule has 2 aromatic rings. The average molecular weight is 400 g/mol. The van der Waals surface area contributed by atoms with Crippen LogP contribution in [0.25, 0.3) is 0 Å². The molecule has 0 saturated carbocycles. The number of amides is 2. The number of halogens is 1. The van der Waals surface area contributed by atoms with Crippen molar-refractivity contribution in [2.75, 3.05) is 0 Å². The zero-order chi connectivity index (χ0) is 21.6. The fourth-order valence-corrected chi connectivity index (χ4v) is 2.98. The zero-order valence-corrected chi connectivity index (χ0v) is 16.7. The first-order valence-electron chi connectivity index (χ1n) is 9.27. The normalized spacial score (nSPS) is 12.7. The van der Waals surface area contributed by atoms with E-state index in [0.717, 1.165) is 16.7 Å². The van der Waals surface area contributed by atoms with Gasteiger partial charge >= 0.3 is 5.97 Å². The Morgan fingerprint density at radius 2 is 1.66 bits per heavy atom. The van der Waals surface area contributed by atoms with E-state index in [-0.39, 0.29) is 18.4 Å². The van der Waals surface area contributed by atoms with Crippen LogP contribution in [0.3, 0.4) is 0 Å². The number of hydrogen-bond acceptors (Lipinski definition) is 3. The summed E-state index contributed by atoms with van der Waals surface area (Å²) in [6.07, 6.45) is 0.00273. The first-order chi connectivity index (χ1) is 13.7. The van der Waals surface area contributed by atoms with Crippen LogP contribution >= 0.6 is 0 Å². The second-order valence-corrected chi connectivity index (χ2v) is 7.07. The van der Waals surface area contributed by atoms with Gasteiger partial charge in [0.05, 0.1) is 0 Å². The molecule has 154 valence electrons. The molecule has 0 aliphatic rings. The van der Waals surface area contributed by atoms with Gasteiger partial charge < -0.3 is 15.7 Å². The molecular weight excluding hydrogens is 375 g/mol. The largest absolute Gasteiger partial charge is 0.480 e. The number of aliphatic carboxylic acids is 1. The molecule has 0 aliphatic heterocycles. The van der Waals surface area contributed by atoms with E-state index in [9.17, 15) is 23.9 Å². The minimum absolute atomic E-state index is 0.0892. The molecule has 0 fully saturated rings. The summed E-state index contributed by atoms with van der Waals surface area (Å²) in [5, 5.41) is 14.5. The maximum absolute atomic E-state index is 14.0. The van der Waals surface area contributed by atoms with Gasteiger partial charge in [-0.2, -0.15) is 0 Å². The second kappa shape index (κ2) is 9.82. The number of hydrogen-bond donors (Lipinski definition) is 3. The molecule has 0 spiro atoms. The van der Waals surface area contributed by atoms with Gasteiger partial charge in [-0.25, -0.2) is 9.18 Å². The van der Waals surface area contributed by atoms with E-state index in [1.54, 1.807) is 6.07 Å². The summed E-state index contributed by atoms with van der Waals surface area (Å²) in [6, 6.07) is 9.24. The third-order valence-corrected chi connectivity index (χ3v) is 4.70. The number of nitrogens with one attached hydrogen (secondary N) is 2. The number of carbonyl (C=O) groups is 3. The second-order valence-electron chi connectivity index (χ2n) is 7.07. The SMILES string of the molecule is CC(=O)N[C@@H](Cc1ccccc1F)C(=O)N[C@@H](Cc1ccc(C)c(C)c1)C(=O)O. The van der Waals surface area contributed by atoms with Crippen LogP contribution in [0, 0.1) is 19.7 Å². The van der Waals surface area contributed by atoms with Crippen molar-refractivity contribution in [1.29, 1.82) is 0 Å². The first kappa shape index (κ1) is 22.1. The summed E-state index contributed by atoms with van der Waals surface area (Å²) >= 11 is 0. The predicted molar refractivity (Wildman–Crippen MR) is 107 cm³/mol. The molecule has 0 saturated heterocycles. The van der Waals surface area contributed by atoms with Crippen LogP contribution in [-0.2, 0) is 27.2 Å². The molecule has 2 aromatic carbocycles. The molecule has 3 N–H and O–H groups in total. The van der Waals surface area contributed by atoms with E-state index in [2.05, 4.69) is 10.6 Å². The maximum Gasteiger partial charge on any atom is 0.326 e. The molecule has 29 heavy (non-hydrogen) atoms. The van der Waals surface area contributed by atoms with Gasteiger partial charge in [-0.1, -0.05) is 36.4 Å². The lowest BCUT2D eigenvalue weighted by atomic mass is 10.00. The monoisotopic (exact) mass is 400 g/mol. The summed E-state index contributed by atoms with van der Waals surface area (Å²) in [5.41, 5.74) is 3.13. The smallest absolute Gasteiger partial charge is 0.326 e. The van der Waals surface area contributed by atoms with Crippen molar-refractivity contribution in [3.8, 4) is 0 Å². The Morgan fingerprint density at radius 3 is 2.24 bits per heavy atom. The summed E-state index contributed by atoms with van der Waals surface area (Å²) in [4.78, 5) is 35.9. The lowest BCUT2D eigenvalue weighted by molar-refractivity contribution is -0.142. The zero-order valence-electron chi connectivity index (χ0n) is 16.7. The highest BCUT2D eigenvalue weighted by Crippen LogP contribution is 2.13. The van der Waals surface area contributed by atoms with Crippen LogP contribution in [0.2, 0.25) is 0 Å². The van der Waals surface area contributed by atoms with Crippen molar-refractivity contribution in [2.45, 2.75) is 45.7 Å². The van der Waals surface area contributed by atoms with Gasteiger partial charge in [-0.15, -0.1) is 0 Å². The standard InChI is InChI=1S/C22H25FN2O4/c1-13-8-9-16(10-14(13)2)11-20(22(28)29)25-21(27)19(24-15(3)26)12-17-6-4-5-7-18(17)23/h4-10,19-20H,11-12H2,1-3H3,(H,24,26)(H,25,27)(H,28,29)/t19-,20-/m0/s1. The molecule has 2 amide bonds. The number of benzene rings is 2. The van der Waals surface area contributed by atoms with Gasteiger partial charge in [-0.05, 0) is 42.2 Å². The molecule has 0 bridgehead atoms. The third-order valence-electron chi connectivity index (χ3n) is 4.70. The molecule has 7 heteroatoms. The lowest BCUT2D eigenvalue weighted by Crippen LogP contribution is -2.52. The van der Waals surface area contributed by atoms with E-state index in [1.165, 1.54) is 25.1 Å². The number of aryl methyl sites for hydroxylation is 2.